The summed E-state index contributed by atoms with van der Waals surface area (Å²) in [6.45, 7) is 13.3. The average Bonchev–Trinajstić information content (AvgIpc) is 2.54. The molecule has 2 rings (SSSR count). The van der Waals surface area contributed by atoms with Gasteiger partial charge in [0.25, 0.3) is 0 Å². The van der Waals surface area contributed by atoms with Crippen molar-refractivity contribution in [2.24, 2.45) is 0 Å². The van der Waals surface area contributed by atoms with Crippen molar-refractivity contribution in [3.8, 4) is 11.1 Å². The van der Waals surface area contributed by atoms with Crippen molar-refractivity contribution in [1.29, 1.82) is 0 Å². The molecule has 0 saturated heterocycles. The lowest BCUT2D eigenvalue weighted by Crippen LogP contribution is -2.28. The van der Waals surface area contributed by atoms with Gasteiger partial charge >= 0.3 is 0 Å². The van der Waals surface area contributed by atoms with Crippen molar-refractivity contribution in [3.63, 3.8) is 0 Å². The highest BCUT2D eigenvalue weighted by Crippen LogP contribution is 2.40. The Bertz CT molecular complexity index is 635. The van der Waals surface area contributed by atoms with E-state index in [-0.39, 0.29) is 5.31 Å². The minimum Gasteiger partial charge on any atom is -0.0653 e. The van der Waals surface area contributed by atoms with Crippen LogP contribution in [0.5, 0.6) is 0 Å². The molecule has 0 N–H and O–H groups in total. The maximum Gasteiger partial charge on any atom is 0.0810 e. The summed E-state index contributed by atoms with van der Waals surface area (Å²) in [5.74, 6) is 0. The van der Waals surface area contributed by atoms with Crippen LogP contribution >= 0.6 is 0 Å². The van der Waals surface area contributed by atoms with Crippen molar-refractivity contribution in [1.82, 2.24) is 0 Å². The predicted molar refractivity (Wildman–Crippen MR) is 98.8 cm³/mol. The van der Waals surface area contributed by atoms with Gasteiger partial charge in [0.2, 0.25) is 0 Å². The van der Waals surface area contributed by atoms with Gasteiger partial charge in [-0.15, -0.1) is 0 Å². The molecule has 0 aliphatic carbocycles. The molecule has 2 aromatic carbocycles. The Balaban J connectivity index is 2.80. The molecule has 114 valence electrons. The molecule has 0 aliphatic heterocycles. The van der Waals surface area contributed by atoms with Crippen LogP contribution in [-0.2, 0) is 5.31 Å². The summed E-state index contributed by atoms with van der Waals surface area (Å²) in [4.78, 5) is 0. The van der Waals surface area contributed by atoms with Crippen LogP contribution in [0, 0.1) is 27.7 Å². The molecule has 0 aromatic heterocycles. The van der Waals surface area contributed by atoms with E-state index in [9.17, 15) is 0 Å². The Kier molecular flexibility index (Phi) is 4.85. The molecule has 0 bridgehead atoms. The Hall–Kier alpha value is -1.50. The summed E-state index contributed by atoms with van der Waals surface area (Å²) in [5.41, 5.74) is 9.45. The van der Waals surface area contributed by atoms with Gasteiger partial charge in [-0.3, -0.25) is 0 Å². The largest absolute Gasteiger partial charge is 0.0810 e. The van der Waals surface area contributed by atoms with Gasteiger partial charge in [-0.05, 0) is 72.0 Å². The van der Waals surface area contributed by atoms with Crippen LogP contribution in [0.1, 0.15) is 54.5 Å². The first-order valence-electron chi connectivity index (χ1n) is 8.32. The minimum absolute atomic E-state index is 0.223. The molecule has 0 amide bonds. The Morgan fingerprint density at radius 3 is 1.64 bits per heavy atom. The van der Waals surface area contributed by atoms with Crippen molar-refractivity contribution < 1.29 is 0 Å². The molecule has 0 unspecified atom stereocenters. The SMILES string of the molecule is [B]C(CC)(CC)c1c(C)c(C)c(-c2ccccc2)c(C)c1C. The smallest absolute Gasteiger partial charge is 0.0653 e. The van der Waals surface area contributed by atoms with Crippen LogP contribution in [0.25, 0.3) is 11.1 Å². The number of benzene rings is 2. The maximum absolute atomic E-state index is 6.75. The molecule has 0 saturated carbocycles. The first-order valence-corrected chi connectivity index (χ1v) is 8.32. The standard InChI is InChI=1S/C21H27B/c1-7-21(22,8-2)20-16(5)14(3)19(15(4)17(20)6)18-12-10-9-11-13-18/h9-13H,7-8H2,1-6H3. The van der Waals surface area contributed by atoms with Crippen LogP contribution in [0.2, 0.25) is 0 Å². The van der Waals surface area contributed by atoms with Gasteiger partial charge in [-0.1, -0.05) is 57.0 Å². The fourth-order valence-electron chi connectivity index (χ4n) is 3.70. The highest BCUT2D eigenvalue weighted by molar-refractivity contribution is 6.16. The van der Waals surface area contributed by atoms with Gasteiger partial charge in [0.05, 0.1) is 7.85 Å². The van der Waals surface area contributed by atoms with E-state index >= 15 is 0 Å². The summed E-state index contributed by atoms with van der Waals surface area (Å²) in [5, 5.41) is -0.223. The first kappa shape index (κ1) is 16.9. The Morgan fingerprint density at radius 2 is 1.23 bits per heavy atom. The molecule has 22 heavy (non-hydrogen) atoms. The van der Waals surface area contributed by atoms with E-state index in [1.165, 1.54) is 38.9 Å². The van der Waals surface area contributed by atoms with Gasteiger partial charge in [-0.25, -0.2) is 0 Å². The van der Waals surface area contributed by atoms with Crippen molar-refractivity contribution in [3.05, 3.63) is 58.1 Å². The molecule has 0 spiro atoms. The summed E-state index contributed by atoms with van der Waals surface area (Å²) >= 11 is 0. The van der Waals surface area contributed by atoms with Gasteiger partial charge < -0.3 is 0 Å². The molecule has 1 heteroatoms. The Labute approximate surface area is 137 Å². The lowest BCUT2D eigenvalue weighted by molar-refractivity contribution is 0.557. The van der Waals surface area contributed by atoms with Gasteiger partial charge in [-0.2, -0.15) is 0 Å². The van der Waals surface area contributed by atoms with Crippen LogP contribution in [0.15, 0.2) is 30.3 Å². The highest BCUT2D eigenvalue weighted by Gasteiger charge is 2.28. The number of hydrogen-bond acceptors (Lipinski definition) is 0. The molecule has 0 fully saturated rings. The third-order valence-electron chi connectivity index (χ3n) is 5.45. The molecule has 0 aliphatic rings. The average molecular weight is 290 g/mol. The fourth-order valence-corrected chi connectivity index (χ4v) is 3.70. The Morgan fingerprint density at radius 1 is 0.773 bits per heavy atom. The zero-order valence-corrected chi connectivity index (χ0v) is 14.9. The van der Waals surface area contributed by atoms with Gasteiger partial charge in [0.1, 0.15) is 0 Å². The summed E-state index contributed by atoms with van der Waals surface area (Å²) in [7, 11) is 6.75. The third-order valence-corrected chi connectivity index (χ3v) is 5.45. The van der Waals surface area contributed by atoms with Crippen molar-refractivity contribution >= 4 is 7.85 Å². The maximum atomic E-state index is 6.75. The van der Waals surface area contributed by atoms with E-state index in [2.05, 4.69) is 71.9 Å². The minimum atomic E-state index is -0.223. The molecule has 0 atom stereocenters. The zero-order valence-electron chi connectivity index (χ0n) is 14.9. The van der Waals surface area contributed by atoms with Gasteiger partial charge in [0.15, 0.2) is 0 Å². The molecular weight excluding hydrogens is 263 g/mol. The van der Waals surface area contributed by atoms with E-state index in [0.717, 1.165) is 12.8 Å². The topological polar surface area (TPSA) is 0 Å². The predicted octanol–water partition coefficient (Wildman–Crippen LogP) is 5.77. The van der Waals surface area contributed by atoms with Crippen molar-refractivity contribution in [2.75, 3.05) is 0 Å². The lowest BCUT2D eigenvalue weighted by atomic mass is 9.58. The highest BCUT2D eigenvalue weighted by atomic mass is 14.3. The van der Waals surface area contributed by atoms with Gasteiger partial charge in [0, 0.05) is 0 Å². The van der Waals surface area contributed by atoms with E-state index < -0.39 is 0 Å². The fraction of sp³-hybridized carbons (Fsp3) is 0.429. The second-order valence-corrected chi connectivity index (χ2v) is 6.48. The summed E-state index contributed by atoms with van der Waals surface area (Å²) in [6, 6.07) is 10.7. The van der Waals surface area contributed by atoms with E-state index in [4.69, 9.17) is 7.85 Å². The van der Waals surface area contributed by atoms with Crippen LogP contribution in [-0.4, -0.2) is 7.85 Å². The summed E-state index contributed by atoms with van der Waals surface area (Å²) < 4.78 is 0. The van der Waals surface area contributed by atoms with Crippen LogP contribution in [0.4, 0.5) is 0 Å². The normalized spacial score (nSPS) is 11.7. The van der Waals surface area contributed by atoms with Crippen LogP contribution in [0.3, 0.4) is 0 Å². The quantitative estimate of drug-likeness (QED) is 0.627. The summed E-state index contributed by atoms with van der Waals surface area (Å²) in [6.07, 6.45) is 1.93. The van der Waals surface area contributed by atoms with E-state index in [0.29, 0.717) is 0 Å². The van der Waals surface area contributed by atoms with E-state index in [1.54, 1.807) is 0 Å². The molecule has 2 aromatic rings. The second-order valence-electron chi connectivity index (χ2n) is 6.48. The molecule has 2 radical (unpaired) electrons. The first-order chi connectivity index (χ1) is 10.4. The second kappa shape index (κ2) is 6.32. The van der Waals surface area contributed by atoms with E-state index in [1.807, 2.05) is 0 Å². The zero-order chi connectivity index (χ0) is 16.5. The molecule has 0 heterocycles. The number of hydrogen-bond donors (Lipinski definition) is 0. The van der Waals surface area contributed by atoms with Crippen molar-refractivity contribution in [2.45, 2.75) is 59.7 Å². The van der Waals surface area contributed by atoms with Crippen LogP contribution < -0.4 is 0 Å². The monoisotopic (exact) mass is 290 g/mol. The lowest BCUT2D eigenvalue weighted by Gasteiger charge is -2.34. The molecule has 0 nitrogen and oxygen atoms in total. The number of rotatable bonds is 4. The molecular formula is C21H27B. The third kappa shape index (κ3) is 2.62.